The summed E-state index contributed by atoms with van der Waals surface area (Å²) in [6, 6.07) is 12.9. The van der Waals surface area contributed by atoms with E-state index in [2.05, 4.69) is 31.2 Å². The van der Waals surface area contributed by atoms with Gasteiger partial charge in [-0.05, 0) is 42.7 Å². The van der Waals surface area contributed by atoms with Gasteiger partial charge >= 0.3 is 0 Å². The molecule has 1 atom stereocenters. The lowest BCUT2D eigenvalue weighted by atomic mass is 10.1. The summed E-state index contributed by atoms with van der Waals surface area (Å²) in [6.07, 6.45) is 1.49. The number of hydrogen-bond acceptors (Lipinski definition) is 4. The minimum atomic E-state index is -3.82. The van der Waals surface area contributed by atoms with E-state index < -0.39 is 22.0 Å². The van der Waals surface area contributed by atoms with Crippen LogP contribution in [0.25, 0.3) is 0 Å². The van der Waals surface area contributed by atoms with Gasteiger partial charge in [-0.3, -0.25) is 4.79 Å². The third-order valence-electron chi connectivity index (χ3n) is 3.80. The summed E-state index contributed by atoms with van der Waals surface area (Å²) >= 11 is 3.36. The van der Waals surface area contributed by atoms with Gasteiger partial charge in [0.15, 0.2) is 0 Å². The molecule has 2 aromatic rings. The van der Waals surface area contributed by atoms with Crippen molar-refractivity contribution in [1.82, 2.24) is 10.1 Å². The Kier molecular flexibility index (Phi) is 7.29. The van der Waals surface area contributed by atoms with Crippen molar-refractivity contribution in [2.75, 3.05) is 0 Å². The van der Waals surface area contributed by atoms with E-state index in [1.807, 2.05) is 31.2 Å². The molecule has 144 valence electrons. The maximum atomic E-state index is 12.6. The van der Waals surface area contributed by atoms with Crippen molar-refractivity contribution < 1.29 is 13.2 Å². The minimum Gasteiger partial charge on any atom is -0.271 e. The van der Waals surface area contributed by atoms with Gasteiger partial charge in [-0.1, -0.05) is 59.6 Å². The second kappa shape index (κ2) is 9.25. The SMILES string of the molecule is Cc1ccc(S(=O)(=O)N[C@@H](C(=O)N/N=C\c2cccc(Br)c2)C(C)C)cc1. The van der Waals surface area contributed by atoms with Crippen molar-refractivity contribution in [2.24, 2.45) is 11.0 Å². The molecule has 27 heavy (non-hydrogen) atoms. The van der Waals surface area contributed by atoms with Gasteiger partial charge in [-0.25, -0.2) is 13.8 Å². The van der Waals surface area contributed by atoms with Crippen LogP contribution in [0, 0.1) is 12.8 Å². The van der Waals surface area contributed by atoms with Gasteiger partial charge in [0.25, 0.3) is 5.91 Å². The van der Waals surface area contributed by atoms with Crippen LogP contribution in [0.3, 0.4) is 0 Å². The minimum absolute atomic E-state index is 0.115. The Hall–Kier alpha value is -2.03. The topological polar surface area (TPSA) is 87.6 Å². The van der Waals surface area contributed by atoms with Gasteiger partial charge in [0.1, 0.15) is 6.04 Å². The molecule has 1 amide bonds. The second-order valence-electron chi connectivity index (χ2n) is 6.45. The first-order valence-corrected chi connectivity index (χ1v) is 10.6. The first-order chi connectivity index (χ1) is 12.7. The molecular formula is C19H22BrN3O3S. The van der Waals surface area contributed by atoms with Crippen molar-refractivity contribution in [3.05, 3.63) is 64.1 Å². The first kappa shape index (κ1) is 21.3. The van der Waals surface area contributed by atoms with Gasteiger partial charge in [0.2, 0.25) is 10.0 Å². The molecule has 2 rings (SSSR count). The van der Waals surface area contributed by atoms with E-state index in [1.54, 1.807) is 26.0 Å². The number of amides is 1. The van der Waals surface area contributed by atoms with Crippen LogP contribution in [0.2, 0.25) is 0 Å². The lowest BCUT2D eigenvalue weighted by molar-refractivity contribution is -0.123. The maximum Gasteiger partial charge on any atom is 0.258 e. The van der Waals surface area contributed by atoms with E-state index >= 15 is 0 Å². The monoisotopic (exact) mass is 451 g/mol. The summed E-state index contributed by atoms with van der Waals surface area (Å²) in [6.45, 7) is 5.40. The zero-order valence-corrected chi connectivity index (χ0v) is 17.7. The molecule has 0 saturated carbocycles. The maximum absolute atomic E-state index is 12.6. The summed E-state index contributed by atoms with van der Waals surface area (Å²) in [5, 5.41) is 3.92. The molecule has 8 heteroatoms. The summed E-state index contributed by atoms with van der Waals surface area (Å²) < 4.78 is 28.5. The summed E-state index contributed by atoms with van der Waals surface area (Å²) in [5.41, 5.74) is 4.15. The molecule has 0 radical (unpaired) electrons. The zero-order chi connectivity index (χ0) is 20.0. The zero-order valence-electron chi connectivity index (χ0n) is 15.3. The van der Waals surface area contributed by atoms with Crippen LogP contribution in [-0.2, 0) is 14.8 Å². The first-order valence-electron chi connectivity index (χ1n) is 8.36. The second-order valence-corrected chi connectivity index (χ2v) is 9.07. The molecule has 0 aliphatic carbocycles. The highest BCUT2D eigenvalue weighted by molar-refractivity contribution is 9.10. The normalized spacial score (nSPS) is 13.1. The van der Waals surface area contributed by atoms with Crippen molar-refractivity contribution in [2.45, 2.75) is 31.7 Å². The third kappa shape index (κ3) is 6.27. The Morgan fingerprint density at radius 3 is 2.41 bits per heavy atom. The number of carbonyl (C=O) groups is 1. The van der Waals surface area contributed by atoms with E-state index in [4.69, 9.17) is 0 Å². The summed E-state index contributed by atoms with van der Waals surface area (Å²) in [7, 11) is -3.82. The van der Waals surface area contributed by atoms with Gasteiger partial charge in [0, 0.05) is 4.47 Å². The van der Waals surface area contributed by atoms with Crippen LogP contribution >= 0.6 is 15.9 Å². The fourth-order valence-electron chi connectivity index (χ4n) is 2.27. The van der Waals surface area contributed by atoms with Gasteiger partial charge in [-0.2, -0.15) is 9.82 Å². The van der Waals surface area contributed by atoms with Crippen LogP contribution in [0.1, 0.15) is 25.0 Å². The number of hydrogen-bond donors (Lipinski definition) is 2. The molecule has 0 spiro atoms. The molecule has 0 heterocycles. The average molecular weight is 452 g/mol. The van der Waals surface area contributed by atoms with Gasteiger partial charge in [-0.15, -0.1) is 0 Å². The predicted molar refractivity (Wildman–Crippen MR) is 110 cm³/mol. The quantitative estimate of drug-likeness (QED) is 0.500. The van der Waals surface area contributed by atoms with Crippen molar-refractivity contribution >= 4 is 38.1 Å². The molecule has 0 saturated heterocycles. The van der Waals surface area contributed by atoms with Crippen LogP contribution in [-0.4, -0.2) is 26.6 Å². The Bertz CT molecular complexity index is 925. The highest BCUT2D eigenvalue weighted by atomic mass is 79.9. The number of nitrogens with zero attached hydrogens (tertiary/aromatic N) is 1. The third-order valence-corrected chi connectivity index (χ3v) is 5.75. The molecule has 0 fully saturated rings. The van der Waals surface area contributed by atoms with E-state index in [-0.39, 0.29) is 10.8 Å². The Labute approximate surface area is 168 Å². The Morgan fingerprint density at radius 2 is 1.81 bits per heavy atom. The number of nitrogens with one attached hydrogen (secondary N) is 2. The summed E-state index contributed by atoms with van der Waals surface area (Å²) in [4.78, 5) is 12.6. The van der Waals surface area contributed by atoms with Gasteiger partial charge < -0.3 is 0 Å². The molecular weight excluding hydrogens is 430 g/mol. The predicted octanol–water partition coefficient (Wildman–Crippen LogP) is 3.21. The van der Waals surface area contributed by atoms with Gasteiger partial charge in [0.05, 0.1) is 11.1 Å². The van der Waals surface area contributed by atoms with Crippen molar-refractivity contribution in [3.8, 4) is 0 Å². The highest BCUT2D eigenvalue weighted by Gasteiger charge is 2.28. The van der Waals surface area contributed by atoms with Crippen LogP contribution in [0.5, 0.6) is 0 Å². The van der Waals surface area contributed by atoms with E-state index in [0.717, 1.165) is 15.6 Å². The molecule has 0 aromatic heterocycles. The van der Waals surface area contributed by atoms with Crippen LogP contribution in [0.4, 0.5) is 0 Å². The molecule has 0 aliphatic heterocycles. The summed E-state index contributed by atoms with van der Waals surface area (Å²) in [5.74, 6) is -0.779. The Balaban J connectivity index is 2.09. The number of aryl methyl sites for hydroxylation is 1. The van der Waals surface area contributed by atoms with Crippen LogP contribution in [0.15, 0.2) is 63.0 Å². The lowest BCUT2D eigenvalue weighted by Gasteiger charge is -2.20. The molecule has 0 aliphatic rings. The fraction of sp³-hybridized carbons (Fsp3) is 0.263. The number of halogens is 1. The largest absolute Gasteiger partial charge is 0.271 e. The van der Waals surface area contributed by atoms with E-state index in [0.29, 0.717) is 0 Å². The van der Waals surface area contributed by atoms with E-state index in [1.165, 1.54) is 18.3 Å². The Morgan fingerprint density at radius 1 is 1.15 bits per heavy atom. The molecule has 2 N–H and O–H groups in total. The highest BCUT2D eigenvalue weighted by Crippen LogP contribution is 2.13. The number of hydrazone groups is 1. The molecule has 0 unspecified atom stereocenters. The average Bonchev–Trinajstić information content (AvgIpc) is 2.60. The number of rotatable bonds is 7. The molecule has 6 nitrogen and oxygen atoms in total. The van der Waals surface area contributed by atoms with E-state index in [9.17, 15) is 13.2 Å². The number of benzene rings is 2. The lowest BCUT2D eigenvalue weighted by Crippen LogP contribution is -2.48. The molecule has 0 bridgehead atoms. The molecule has 2 aromatic carbocycles. The standard InChI is InChI=1S/C19H22BrN3O3S/c1-13(2)18(23-27(25,26)17-9-7-14(3)8-10-17)19(24)22-21-12-15-5-4-6-16(20)11-15/h4-13,18,23H,1-3H3,(H,22,24)/b21-12-/t18-/m1/s1. The van der Waals surface area contributed by atoms with Crippen LogP contribution < -0.4 is 10.1 Å². The number of carbonyl (C=O) groups excluding carboxylic acids is 1. The fourth-order valence-corrected chi connectivity index (χ4v) is 4.03. The smallest absolute Gasteiger partial charge is 0.258 e. The van der Waals surface area contributed by atoms with Crippen molar-refractivity contribution in [3.63, 3.8) is 0 Å². The number of sulfonamides is 1. The van der Waals surface area contributed by atoms with Crippen molar-refractivity contribution in [1.29, 1.82) is 0 Å².